The van der Waals surface area contributed by atoms with E-state index >= 15 is 0 Å². The standard InChI is InChI=1S/C17H27N3O/c1-3-10-18-16-12-14(9-11-19-16)17(21)20-15-7-5-13(4-2)6-8-15/h9,11-13,15H,3-8,10H2,1-2H3,(H,18,19)(H,20,21). The van der Waals surface area contributed by atoms with Crippen LogP contribution >= 0.6 is 0 Å². The van der Waals surface area contributed by atoms with Gasteiger partial charge < -0.3 is 10.6 Å². The van der Waals surface area contributed by atoms with E-state index in [0.29, 0.717) is 11.6 Å². The summed E-state index contributed by atoms with van der Waals surface area (Å²) in [6, 6.07) is 3.95. The molecule has 1 saturated carbocycles. The predicted octanol–water partition coefficient (Wildman–Crippen LogP) is 3.60. The van der Waals surface area contributed by atoms with Crippen molar-refractivity contribution in [3.05, 3.63) is 23.9 Å². The summed E-state index contributed by atoms with van der Waals surface area (Å²) in [4.78, 5) is 16.6. The van der Waals surface area contributed by atoms with E-state index in [0.717, 1.165) is 37.5 Å². The van der Waals surface area contributed by atoms with Crippen LogP contribution in [0, 0.1) is 5.92 Å². The SMILES string of the molecule is CCCNc1cc(C(=O)NC2CCC(CC)CC2)ccn1. The molecule has 1 aliphatic rings. The summed E-state index contributed by atoms with van der Waals surface area (Å²) in [5, 5.41) is 6.38. The van der Waals surface area contributed by atoms with Gasteiger partial charge in [0.25, 0.3) is 5.91 Å². The fourth-order valence-corrected chi connectivity index (χ4v) is 2.91. The van der Waals surface area contributed by atoms with Gasteiger partial charge in [-0.3, -0.25) is 4.79 Å². The molecule has 116 valence electrons. The van der Waals surface area contributed by atoms with Crippen molar-refractivity contribution in [1.82, 2.24) is 10.3 Å². The molecule has 0 radical (unpaired) electrons. The Morgan fingerprint density at radius 2 is 2.05 bits per heavy atom. The van der Waals surface area contributed by atoms with Crippen molar-refractivity contribution in [2.24, 2.45) is 5.92 Å². The molecule has 0 aliphatic heterocycles. The van der Waals surface area contributed by atoms with Crippen LogP contribution in [0.4, 0.5) is 5.82 Å². The topological polar surface area (TPSA) is 54.0 Å². The van der Waals surface area contributed by atoms with Gasteiger partial charge in [0.1, 0.15) is 5.82 Å². The van der Waals surface area contributed by atoms with Crippen molar-refractivity contribution < 1.29 is 4.79 Å². The average molecular weight is 289 g/mol. The van der Waals surface area contributed by atoms with Gasteiger partial charge in [-0.1, -0.05) is 20.3 Å². The number of rotatable bonds is 6. The molecule has 0 spiro atoms. The first-order chi connectivity index (χ1) is 10.2. The lowest BCUT2D eigenvalue weighted by atomic mass is 9.84. The molecule has 1 heterocycles. The highest BCUT2D eigenvalue weighted by atomic mass is 16.1. The first-order valence-corrected chi connectivity index (χ1v) is 8.23. The molecular weight excluding hydrogens is 262 g/mol. The van der Waals surface area contributed by atoms with Crippen LogP contribution in [0.1, 0.15) is 62.7 Å². The highest BCUT2D eigenvalue weighted by Gasteiger charge is 2.21. The Bertz CT molecular complexity index is 453. The van der Waals surface area contributed by atoms with Crippen LogP contribution in [-0.2, 0) is 0 Å². The van der Waals surface area contributed by atoms with E-state index in [1.165, 1.54) is 19.3 Å². The summed E-state index contributed by atoms with van der Waals surface area (Å²) in [5.41, 5.74) is 0.696. The molecule has 21 heavy (non-hydrogen) atoms. The third kappa shape index (κ3) is 4.73. The Morgan fingerprint density at radius 3 is 2.71 bits per heavy atom. The van der Waals surface area contributed by atoms with Crippen LogP contribution in [0.2, 0.25) is 0 Å². The van der Waals surface area contributed by atoms with Gasteiger partial charge in [0, 0.05) is 24.3 Å². The fraction of sp³-hybridized carbons (Fsp3) is 0.647. The molecule has 0 atom stereocenters. The second-order valence-electron chi connectivity index (χ2n) is 5.96. The number of amides is 1. The van der Waals surface area contributed by atoms with E-state index < -0.39 is 0 Å². The molecule has 4 heteroatoms. The van der Waals surface area contributed by atoms with Gasteiger partial charge in [0.15, 0.2) is 0 Å². The summed E-state index contributed by atoms with van der Waals surface area (Å²) < 4.78 is 0. The first kappa shape index (κ1) is 15.8. The van der Waals surface area contributed by atoms with Crippen LogP contribution in [0.25, 0.3) is 0 Å². The second kappa shape index (κ2) is 8.01. The molecule has 1 aromatic heterocycles. The zero-order valence-corrected chi connectivity index (χ0v) is 13.2. The van der Waals surface area contributed by atoms with Crippen LogP contribution in [0.15, 0.2) is 18.3 Å². The number of pyridine rings is 1. The van der Waals surface area contributed by atoms with Gasteiger partial charge in [-0.2, -0.15) is 0 Å². The minimum Gasteiger partial charge on any atom is -0.370 e. The molecule has 0 aromatic carbocycles. The van der Waals surface area contributed by atoms with E-state index in [2.05, 4.69) is 29.5 Å². The molecule has 1 fully saturated rings. The van der Waals surface area contributed by atoms with E-state index in [9.17, 15) is 4.79 Å². The number of nitrogens with zero attached hydrogens (tertiary/aromatic N) is 1. The maximum absolute atomic E-state index is 12.3. The third-order valence-corrected chi connectivity index (χ3v) is 4.34. The predicted molar refractivity (Wildman–Crippen MR) is 86.5 cm³/mol. The summed E-state index contributed by atoms with van der Waals surface area (Å²) >= 11 is 0. The van der Waals surface area contributed by atoms with Crippen molar-refractivity contribution in [3.8, 4) is 0 Å². The van der Waals surface area contributed by atoms with Crippen LogP contribution < -0.4 is 10.6 Å². The smallest absolute Gasteiger partial charge is 0.251 e. The summed E-state index contributed by atoms with van der Waals surface area (Å²) in [6.07, 6.45) is 8.69. The zero-order chi connectivity index (χ0) is 15.1. The molecule has 0 unspecified atom stereocenters. The summed E-state index contributed by atoms with van der Waals surface area (Å²) in [6.45, 7) is 5.24. The molecule has 0 saturated heterocycles. The quantitative estimate of drug-likeness (QED) is 0.841. The third-order valence-electron chi connectivity index (χ3n) is 4.34. The van der Waals surface area contributed by atoms with Gasteiger partial charge in [-0.05, 0) is 50.2 Å². The number of nitrogens with one attached hydrogen (secondary N) is 2. The number of carbonyl (C=O) groups is 1. The molecule has 0 bridgehead atoms. The molecule has 2 N–H and O–H groups in total. The van der Waals surface area contributed by atoms with Crippen LogP contribution in [-0.4, -0.2) is 23.5 Å². The van der Waals surface area contributed by atoms with Crippen LogP contribution in [0.3, 0.4) is 0 Å². The van der Waals surface area contributed by atoms with Crippen molar-refractivity contribution in [2.75, 3.05) is 11.9 Å². The maximum atomic E-state index is 12.3. The Labute approximate surface area is 127 Å². The monoisotopic (exact) mass is 289 g/mol. The minimum absolute atomic E-state index is 0.0249. The maximum Gasteiger partial charge on any atom is 0.251 e. The second-order valence-corrected chi connectivity index (χ2v) is 5.96. The first-order valence-electron chi connectivity index (χ1n) is 8.23. The van der Waals surface area contributed by atoms with E-state index in [1.807, 2.05) is 6.07 Å². The lowest BCUT2D eigenvalue weighted by molar-refractivity contribution is 0.0921. The number of aromatic nitrogens is 1. The summed E-state index contributed by atoms with van der Waals surface area (Å²) in [5.74, 6) is 1.65. The normalized spacial score (nSPS) is 21.8. The number of anilines is 1. The Kier molecular flexibility index (Phi) is 6.03. The van der Waals surface area contributed by atoms with Gasteiger partial charge in [0.05, 0.1) is 0 Å². The number of carbonyl (C=O) groups excluding carboxylic acids is 1. The van der Waals surface area contributed by atoms with Gasteiger partial charge in [-0.25, -0.2) is 4.98 Å². The highest BCUT2D eigenvalue weighted by molar-refractivity contribution is 5.95. The Morgan fingerprint density at radius 1 is 1.29 bits per heavy atom. The molecule has 1 aliphatic carbocycles. The van der Waals surface area contributed by atoms with E-state index in [4.69, 9.17) is 0 Å². The molecule has 4 nitrogen and oxygen atoms in total. The molecule has 1 aromatic rings. The number of hydrogen-bond donors (Lipinski definition) is 2. The Hall–Kier alpha value is -1.58. The van der Waals surface area contributed by atoms with E-state index in [1.54, 1.807) is 12.3 Å². The largest absolute Gasteiger partial charge is 0.370 e. The number of hydrogen-bond acceptors (Lipinski definition) is 3. The van der Waals surface area contributed by atoms with Gasteiger partial charge in [0.2, 0.25) is 0 Å². The average Bonchev–Trinajstić information content (AvgIpc) is 2.54. The molecule has 2 rings (SSSR count). The van der Waals surface area contributed by atoms with E-state index in [-0.39, 0.29) is 5.91 Å². The Balaban J connectivity index is 1.88. The zero-order valence-electron chi connectivity index (χ0n) is 13.2. The lowest BCUT2D eigenvalue weighted by Crippen LogP contribution is -2.37. The summed E-state index contributed by atoms with van der Waals surface area (Å²) in [7, 11) is 0. The highest BCUT2D eigenvalue weighted by Crippen LogP contribution is 2.26. The lowest BCUT2D eigenvalue weighted by Gasteiger charge is -2.28. The molecular formula is C17H27N3O. The molecule has 1 amide bonds. The van der Waals surface area contributed by atoms with Crippen molar-refractivity contribution in [2.45, 2.75) is 58.4 Å². The van der Waals surface area contributed by atoms with Gasteiger partial charge in [-0.15, -0.1) is 0 Å². The minimum atomic E-state index is 0.0249. The van der Waals surface area contributed by atoms with Crippen LogP contribution in [0.5, 0.6) is 0 Å². The van der Waals surface area contributed by atoms with Gasteiger partial charge >= 0.3 is 0 Å². The van der Waals surface area contributed by atoms with Crippen molar-refractivity contribution in [3.63, 3.8) is 0 Å². The van der Waals surface area contributed by atoms with Crippen molar-refractivity contribution in [1.29, 1.82) is 0 Å². The fourth-order valence-electron chi connectivity index (χ4n) is 2.91. The van der Waals surface area contributed by atoms with Crippen molar-refractivity contribution >= 4 is 11.7 Å².